The Labute approximate surface area is 142 Å². The van der Waals surface area contributed by atoms with Crippen LogP contribution in [0.25, 0.3) is 0 Å². The number of benzene rings is 1. The third-order valence-electron chi connectivity index (χ3n) is 7.30. The summed E-state index contributed by atoms with van der Waals surface area (Å²) in [5.41, 5.74) is 3.44. The van der Waals surface area contributed by atoms with Crippen molar-refractivity contribution in [3.63, 3.8) is 0 Å². The van der Waals surface area contributed by atoms with Crippen molar-refractivity contribution in [3.05, 3.63) is 29.3 Å². The number of phenols is 1. The summed E-state index contributed by atoms with van der Waals surface area (Å²) in [5, 5.41) is 9.97. The van der Waals surface area contributed by atoms with Gasteiger partial charge in [-0.25, -0.2) is 0 Å². The lowest BCUT2D eigenvalue weighted by Gasteiger charge is -2.59. The molecule has 0 heterocycles. The summed E-state index contributed by atoms with van der Waals surface area (Å²) in [6, 6.07) is 6.12. The van der Waals surface area contributed by atoms with Crippen LogP contribution in [-0.4, -0.2) is 5.11 Å². The maximum absolute atomic E-state index is 9.97. The number of hydrogen-bond acceptors (Lipinski definition) is 1. The second-order valence-corrected chi connectivity index (χ2v) is 9.44. The minimum Gasteiger partial charge on any atom is -0.508 e. The predicted octanol–water partition coefficient (Wildman–Crippen LogP) is 6.12. The van der Waals surface area contributed by atoms with E-state index in [1.54, 1.807) is 0 Å². The maximum Gasteiger partial charge on any atom is 0.116 e. The van der Waals surface area contributed by atoms with Gasteiger partial charge in [0, 0.05) is 0 Å². The summed E-state index contributed by atoms with van der Waals surface area (Å²) in [7, 11) is 0. The molecule has 4 atom stereocenters. The first-order chi connectivity index (χ1) is 10.7. The molecule has 23 heavy (non-hydrogen) atoms. The Hall–Kier alpha value is -0.980. The number of aryl methyl sites for hydroxylation is 1. The Morgan fingerprint density at radius 1 is 1.09 bits per heavy atom. The van der Waals surface area contributed by atoms with Gasteiger partial charge in [-0.3, -0.25) is 0 Å². The number of fused-ring (bicyclic) bond motifs is 1. The molecule has 0 amide bonds. The fraction of sp³-hybridized carbons (Fsp3) is 0.727. The van der Waals surface area contributed by atoms with Crippen molar-refractivity contribution < 1.29 is 5.11 Å². The summed E-state index contributed by atoms with van der Waals surface area (Å²) in [4.78, 5) is 0. The molecule has 1 N–H and O–H groups in total. The van der Waals surface area contributed by atoms with Crippen LogP contribution in [0, 0.1) is 35.5 Å². The lowest BCUT2D eigenvalue weighted by Crippen LogP contribution is -2.51. The van der Waals surface area contributed by atoms with Crippen LogP contribution in [0.4, 0.5) is 0 Å². The number of hydrogen-bond donors (Lipinski definition) is 1. The molecule has 0 aromatic heterocycles. The van der Waals surface area contributed by atoms with Crippen LogP contribution in [-0.2, 0) is 6.42 Å². The van der Waals surface area contributed by atoms with Gasteiger partial charge in [0.2, 0.25) is 0 Å². The fourth-order valence-electron chi connectivity index (χ4n) is 6.26. The third-order valence-corrected chi connectivity index (χ3v) is 7.30. The van der Waals surface area contributed by atoms with Gasteiger partial charge >= 0.3 is 0 Å². The molecule has 3 rings (SSSR count). The molecule has 1 heteroatoms. The molecular weight excluding hydrogens is 280 g/mol. The van der Waals surface area contributed by atoms with Crippen LogP contribution in [0.2, 0.25) is 0 Å². The third kappa shape index (κ3) is 3.04. The van der Waals surface area contributed by atoms with Crippen LogP contribution in [0.3, 0.4) is 0 Å². The van der Waals surface area contributed by atoms with E-state index in [0.29, 0.717) is 16.6 Å². The van der Waals surface area contributed by atoms with Crippen LogP contribution in [0.15, 0.2) is 18.2 Å². The molecule has 2 aliphatic rings. The quantitative estimate of drug-likeness (QED) is 0.697. The summed E-state index contributed by atoms with van der Waals surface area (Å²) in [6.45, 7) is 12.1. The summed E-state index contributed by atoms with van der Waals surface area (Å²) in [6.07, 6.45) is 8.04. The zero-order valence-corrected chi connectivity index (χ0v) is 15.7. The van der Waals surface area contributed by atoms with E-state index in [9.17, 15) is 5.11 Å². The highest BCUT2D eigenvalue weighted by atomic mass is 16.3. The Morgan fingerprint density at radius 2 is 1.83 bits per heavy atom. The molecular formula is C22H34O. The van der Waals surface area contributed by atoms with Gasteiger partial charge in [0.05, 0.1) is 0 Å². The van der Waals surface area contributed by atoms with E-state index in [1.807, 2.05) is 12.1 Å². The van der Waals surface area contributed by atoms with Gasteiger partial charge in [-0.15, -0.1) is 0 Å². The van der Waals surface area contributed by atoms with Gasteiger partial charge in [0.15, 0.2) is 0 Å². The molecule has 0 aliphatic heterocycles. The van der Waals surface area contributed by atoms with E-state index < -0.39 is 0 Å². The number of phenolic OH excluding ortho intramolecular Hbond substituents is 1. The summed E-state index contributed by atoms with van der Waals surface area (Å²) < 4.78 is 0. The zero-order chi connectivity index (χ0) is 16.8. The normalized spacial score (nSPS) is 36.5. The predicted molar refractivity (Wildman–Crippen MR) is 97.7 cm³/mol. The maximum atomic E-state index is 9.97. The highest BCUT2D eigenvalue weighted by molar-refractivity contribution is 5.33. The highest BCUT2D eigenvalue weighted by Crippen LogP contribution is 2.61. The lowest BCUT2D eigenvalue weighted by atomic mass is 9.46. The Morgan fingerprint density at radius 3 is 2.52 bits per heavy atom. The average Bonchev–Trinajstić information content (AvgIpc) is 2.41. The van der Waals surface area contributed by atoms with Crippen molar-refractivity contribution >= 4 is 0 Å². The van der Waals surface area contributed by atoms with Crippen molar-refractivity contribution in [1.29, 1.82) is 0 Å². The van der Waals surface area contributed by atoms with E-state index in [2.05, 4.69) is 40.7 Å². The SMILES string of the molecule is Cc1cc(O)cc(C[C@H]2[C@@H](C)CC[C@H]3C(C)(C)CCC[C@]23C)c1. The monoisotopic (exact) mass is 314 g/mol. The first-order valence-corrected chi connectivity index (χ1v) is 9.52. The highest BCUT2D eigenvalue weighted by Gasteiger charge is 2.53. The van der Waals surface area contributed by atoms with E-state index in [1.165, 1.54) is 43.2 Å². The molecule has 128 valence electrons. The van der Waals surface area contributed by atoms with E-state index >= 15 is 0 Å². The minimum absolute atomic E-state index is 0.425. The molecule has 0 spiro atoms. The van der Waals surface area contributed by atoms with Gasteiger partial charge in [0.1, 0.15) is 5.75 Å². The Balaban J connectivity index is 1.92. The van der Waals surface area contributed by atoms with Gasteiger partial charge in [0.25, 0.3) is 0 Å². The van der Waals surface area contributed by atoms with Crippen molar-refractivity contribution in [3.8, 4) is 5.75 Å². The van der Waals surface area contributed by atoms with Gasteiger partial charge in [-0.1, -0.05) is 46.6 Å². The topological polar surface area (TPSA) is 20.2 Å². The summed E-state index contributed by atoms with van der Waals surface area (Å²) >= 11 is 0. The van der Waals surface area contributed by atoms with Gasteiger partial charge in [-0.05, 0) is 84.5 Å². The van der Waals surface area contributed by atoms with Gasteiger partial charge < -0.3 is 5.11 Å². The van der Waals surface area contributed by atoms with Crippen LogP contribution < -0.4 is 0 Å². The molecule has 2 fully saturated rings. The molecule has 0 radical (unpaired) electrons. The zero-order valence-electron chi connectivity index (χ0n) is 15.7. The lowest BCUT2D eigenvalue weighted by molar-refractivity contribution is -0.0930. The molecule has 1 aromatic carbocycles. The van der Waals surface area contributed by atoms with Crippen molar-refractivity contribution in [2.24, 2.45) is 28.6 Å². The van der Waals surface area contributed by atoms with Crippen molar-refractivity contribution in [2.75, 3.05) is 0 Å². The van der Waals surface area contributed by atoms with E-state index in [0.717, 1.165) is 24.2 Å². The summed E-state index contributed by atoms with van der Waals surface area (Å²) in [5.74, 6) is 2.80. The largest absolute Gasteiger partial charge is 0.508 e. The molecule has 1 aromatic rings. The Bertz CT molecular complexity index is 553. The second kappa shape index (κ2) is 5.83. The minimum atomic E-state index is 0.425. The standard InChI is InChI=1S/C22H34O/c1-15-11-17(13-18(23)12-15)14-19-16(2)7-8-20-21(3,4)9-6-10-22(19,20)5/h11-13,16,19-20,23H,6-10,14H2,1-5H3/t16-,19-,20-,22+/m0/s1. The molecule has 0 saturated heterocycles. The fourth-order valence-corrected chi connectivity index (χ4v) is 6.26. The first-order valence-electron chi connectivity index (χ1n) is 9.52. The second-order valence-electron chi connectivity index (χ2n) is 9.44. The number of aromatic hydroxyl groups is 1. The molecule has 2 saturated carbocycles. The van der Waals surface area contributed by atoms with E-state index in [-0.39, 0.29) is 0 Å². The van der Waals surface area contributed by atoms with Gasteiger partial charge in [-0.2, -0.15) is 0 Å². The number of rotatable bonds is 2. The van der Waals surface area contributed by atoms with Crippen LogP contribution >= 0.6 is 0 Å². The first kappa shape index (κ1) is 16.9. The average molecular weight is 315 g/mol. The molecule has 0 bridgehead atoms. The van der Waals surface area contributed by atoms with Crippen molar-refractivity contribution in [2.45, 2.75) is 73.1 Å². The van der Waals surface area contributed by atoms with Crippen LogP contribution in [0.5, 0.6) is 5.75 Å². The molecule has 1 nitrogen and oxygen atoms in total. The smallest absolute Gasteiger partial charge is 0.116 e. The van der Waals surface area contributed by atoms with E-state index in [4.69, 9.17) is 0 Å². The van der Waals surface area contributed by atoms with Crippen molar-refractivity contribution in [1.82, 2.24) is 0 Å². The van der Waals surface area contributed by atoms with Crippen LogP contribution in [0.1, 0.15) is 70.9 Å². The molecule has 2 aliphatic carbocycles. The Kier molecular flexibility index (Phi) is 4.27. The molecule has 0 unspecified atom stereocenters.